The molecule has 0 aliphatic rings. The van der Waals surface area contributed by atoms with Gasteiger partial charge in [-0.2, -0.15) is 0 Å². The predicted octanol–water partition coefficient (Wildman–Crippen LogP) is 4.22. The molecule has 1 heterocycles. The van der Waals surface area contributed by atoms with Gasteiger partial charge in [-0.3, -0.25) is 0 Å². The van der Waals surface area contributed by atoms with Crippen LogP contribution in [0.2, 0.25) is 0 Å². The lowest BCUT2D eigenvalue weighted by Gasteiger charge is -2.15. The second kappa shape index (κ2) is 5.98. The van der Waals surface area contributed by atoms with E-state index in [0.29, 0.717) is 6.04 Å². The van der Waals surface area contributed by atoms with Crippen LogP contribution in [0, 0.1) is 2.88 Å². The Balaban J connectivity index is 2.28. The number of benzene rings is 1. The fraction of sp³-hybridized carbons (Fsp3) is 0.286. The Morgan fingerprint density at radius 1 is 1.24 bits per heavy atom. The molecule has 1 aromatic heterocycles. The van der Waals surface area contributed by atoms with Crippen molar-refractivity contribution in [2.45, 2.75) is 19.4 Å². The van der Waals surface area contributed by atoms with Gasteiger partial charge in [0.25, 0.3) is 0 Å². The predicted molar refractivity (Wildman–Crippen MR) is 83.8 cm³/mol. The van der Waals surface area contributed by atoms with Crippen LogP contribution < -0.4 is 5.32 Å². The lowest BCUT2D eigenvalue weighted by Crippen LogP contribution is -2.16. The summed E-state index contributed by atoms with van der Waals surface area (Å²) in [6, 6.07) is 11.4. The lowest BCUT2D eigenvalue weighted by molar-refractivity contribution is 0.694. The summed E-state index contributed by atoms with van der Waals surface area (Å²) < 4.78 is 1.34. The van der Waals surface area contributed by atoms with Crippen molar-refractivity contribution in [1.29, 1.82) is 0 Å². The first-order chi connectivity index (χ1) is 8.24. The molecule has 0 saturated heterocycles. The third-order valence-corrected chi connectivity index (χ3v) is 4.74. The molecule has 17 heavy (non-hydrogen) atoms. The molecule has 2 rings (SSSR count). The molecular weight excluding hydrogens is 341 g/mol. The lowest BCUT2D eigenvalue weighted by atomic mass is 10.00. The maximum Gasteiger partial charge on any atom is 0.0656 e. The van der Waals surface area contributed by atoms with E-state index in [4.69, 9.17) is 0 Å². The van der Waals surface area contributed by atoms with Crippen LogP contribution in [0.4, 0.5) is 0 Å². The summed E-state index contributed by atoms with van der Waals surface area (Å²) in [4.78, 5) is 0. The first kappa shape index (κ1) is 13.1. The fourth-order valence-electron chi connectivity index (χ4n) is 1.95. The average molecular weight is 357 g/mol. The Morgan fingerprint density at radius 2 is 1.94 bits per heavy atom. The molecule has 0 radical (unpaired) electrons. The van der Waals surface area contributed by atoms with Crippen LogP contribution in [0.25, 0.3) is 0 Å². The van der Waals surface area contributed by atoms with Crippen molar-refractivity contribution in [3.63, 3.8) is 0 Å². The molecule has 1 unspecified atom stereocenters. The summed E-state index contributed by atoms with van der Waals surface area (Å²) in [5, 5.41) is 5.62. The van der Waals surface area contributed by atoms with Gasteiger partial charge in [-0.05, 0) is 64.2 Å². The van der Waals surface area contributed by atoms with Gasteiger partial charge in [-0.25, -0.2) is 0 Å². The minimum Gasteiger partial charge on any atom is -0.309 e. The van der Waals surface area contributed by atoms with E-state index in [1.54, 1.807) is 11.3 Å². The number of nitrogens with one attached hydrogen (secondary N) is 1. The van der Waals surface area contributed by atoms with E-state index in [1.165, 1.54) is 19.6 Å². The normalized spacial score (nSPS) is 12.6. The minimum absolute atomic E-state index is 0.306. The highest BCUT2D eigenvalue weighted by Gasteiger charge is 2.13. The molecule has 90 valence electrons. The van der Waals surface area contributed by atoms with Crippen molar-refractivity contribution in [3.05, 3.63) is 55.3 Å². The monoisotopic (exact) mass is 357 g/mol. The molecule has 2 aromatic rings. The highest BCUT2D eigenvalue weighted by molar-refractivity contribution is 14.1. The van der Waals surface area contributed by atoms with Crippen molar-refractivity contribution >= 4 is 33.9 Å². The zero-order valence-electron chi connectivity index (χ0n) is 10.0. The van der Waals surface area contributed by atoms with Crippen LogP contribution in [0.3, 0.4) is 0 Å². The molecule has 0 spiro atoms. The van der Waals surface area contributed by atoms with Gasteiger partial charge in [0.1, 0.15) is 0 Å². The average Bonchev–Trinajstić information content (AvgIpc) is 2.78. The van der Waals surface area contributed by atoms with Crippen molar-refractivity contribution in [2.75, 3.05) is 7.05 Å². The maximum absolute atomic E-state index is 3.39. The van der Waals surface area contributed by atoms with E-state index in [9.17, 15) is 0 Å². The number of hydrogen-bond donors (Lipinski definition) is 1. The van der Waals surface area contributed by atoms with E-state index >= 15 is 0 Å². The topological polar surface area (TPSA) is 12.0 Å². The Labute approximate surface area is 120 Å². The smallest absolute Gasteiger partial charge is 0.0656 e. The Bertz CT molecular complexity index is 475. The van der Waals surface area contributed by atoms with E-state index in [1.807, 2.05) is 7.05 Å². The van der Waals surface area contributed by atoms with E-state index in [0.717, 1.165) is 6.42 Å². The number of halogens is 1. The quantitative estimate of drug-likeness (QED) is 0.808. The summed E-state index contributed by atoms with van der Waals surface area (Å²) in [7, 11) is 2.02. The van der Waals surface area contributed by atoms with Crippen LogP contribution in [0.5, 0.6) is 0 Å². The van der Waals surface area contributed by atoms with Gasteiger partial charge in [-0.15, -0.1) is 11.3 Å². The molecule has 0 saturated carbocycles. The highest BCUT2D eigenvalue weighted by atomic mass is 127. The molecule has 0 amide bonds. The Morgan fingerprint density at radius 3 is 2.41 bits per heavy atom. The summed E-state index contributed by atoms with van der Waals surface area (Å²) in [5.41, 5.74) is 4.08. The third kappa shape index (κ3) is 3.09. The van der Waals surface area contributed by atoms with Gasteiger partial charge in [0, 0.05) is 0 Å². The van der Waals surface area contributed by atoms with E-state index in [-0.39, 0.29) is 0 Å². The Hall–Kier alpha value is -0.390. The number of aryl methyl sites for hydroxylation is 1. The number of rotatable bonds is 4. The third-order valence-electron chi connectivity index (χ3n) is 2.93. The Kier molecular flexibility index (Phi) is 4.59. The molecule has 0 aliphatic heterocycles. The van der Waals surface area contributed by atoms with Crippen LogP contribution in [-0.4, -0.2) is 7.05 Å². The van der Waals surface area contributed by atoms with E-state index < -0.39 is 0 Å². The molecule has 1 atom stereocenters. The molecule has 3 heteroatoms. The summed E-state index contributed by atoms with van der Waals surface area (Å²) in [6.45, 7) is 2.19. The SMILES string of the molecule is CCc1ccc(C(NC)c2csc(I)c2)cc1. The zero-order chi connectivity index (χ0) is 12.3. The van der Waals surface area contributed by atoms with Crippen molar-refractivity contribution in [2.24, 2.45) is 0 Å². The minimum atomic E-state index is 0.306. The van der Waals surface area contributed by atoms with Gasteiger partial charge in [0.2, 0.25) is 0 Å². The number of thiophene rings is 1. The zero-order valence-corrected chi connectivity index (χ0v) is 13.0. The summed E-state index contributed by atoms with van der Waals surface area (Å²) in [6.07, 6.45) is 1.10. The molecule has 1 aromatic carbocycles. The van der Waals surface area contributed by atoms with E-state index in [2.05, 4.69) is 70.5 Å². The van der Waals surface area contributed by atoms with Crippen molar-refractivity contribution in [3.8, 4) is 0 Å². The van der Waals surface area contributed by atoms with Gasteiger partial charge in [-0.1, -0.05) is 31.2 Å². The van der Waals surface area contributed by atoms with Crippen LogP contribution in [0.15, 0.2) is 35.7 Å². The van der Waals surface area contributed by atoms with Crippen LogP contribution in [0.1, 0.15) is 29.7 Å². The van der Waals surface area contributed by atoms with Gasteiger partial charge < -0.3 is 5.32 Å². The standard InChI is InChI=1S/C14H16INS/c1-3-10-4-6-11(7-5-10)14(16-2)12-8-13(15)17-9-12/h4-9,14,16H,3H2,1-2H3. The van der Waals surface area contributed by atoms with Crippen molar-refractivity contribution in [1.82, 2.24) is 5.32 Å². The molecule has 0 aliphatic carbocycles. The first-order valence-electron chi connectivity index (χ1n) is 5.74. The maximum atomic E-state index is 3.39. The molecular formula is C14H16INS. The molecule has 0 fully saturated rings. The first-order valence-corrected chi connectivity index (χ1v) is 7.70. The van der Waals surface area contributed by atoms with Gasteiger partial charge >= 0.3 is 0 Å². The van der Waals surface area contributed by atoms with Gasteiger partial charge in [0.05, 0.1) is 8.93 Å². The molecule has 1 nitrogen and oxygen atoms in total. The molecule has 1 N–H and O–H groups in total. The summed E-state index contributed by atoms with van der Waals surface area (Å²) >= 11 is 4.17. The second-order valence-electron chi connectivity index (χ2n) is 4.00. The molecule has 0 bridgehead atoms. The van der Waals surface area contributed by atoms with Crippen molar-refractivity contribution < 1.29 is 0 Å². The second-order valence-corrected chi connectivity index (χ2v) is 6.81. The van der Waals surface area contributed by atoms with Gasteiger partial charge in [0.15, 0.2) is 0 Å². The number of hydrogen-bond acceptors (Lipinski definition) is 2. The highest BCUT2D eigenvalue weighted by Crippen LogP contribution is 2.27. The summed E-state index contributed by atoms with van der Waals surface area (Å²) in [5.74, 6) is 0. The van der Waals surface area contributed by atoms with Crippen LogP contribution >= 0.6 is 33.9 Å². The fourth-order valence-corrected chi connectivity index (χ4v) is 3.34. The van der Waals surface area contributed by atoms with Crippen LogP contribution in [-0.2, 0) is 6.42 Å². The largest absolute Gasteiger partial charge is 0.309 e.